The van der Waals surface area contributed by atoms with Crippen LogP contribution in [0.1, 0.15) is 12.0 Å². The summed E-state index contributed by atoms with van der Waals surface area (Å²) in [6, 6.07) is 4.29. The molecule has 0 aliphatic carbocycles. The number of nitriles is 1. The number of benzene rings is 2. The van der Waals surface area contributed by atoms with Crippen LogP contribution in [0.15, 0.2) is 28.7 Å². The Morgan fingerprint density at radius 2 is 1.78 bits per heavy atom. The van der Waals surface area contributed by atoms with Crippen LogP contribution in [0.5, 0.6) is 11.5 Å². The Kier molecular flexibility index (Phi) is 6.28. The van der Waals surface area contributed by atoms with Gasteiger partial charge in [-0.25, -0.2) is 8.78 Å². The highest BCUT2D eigenvalue weighted by Crippen LogP contribution is 2.42. The molecule has 0 atom stereocenters. The van der Waals surface area contributed by atoms with E-state index in [9.17, 15) is 26.7 Å². The molecule has 0 fully saturated rings. The molecule has 2 aromatic rings. The van der Waals surface area contributed by atoms with Gasteiger partial charge in [-0.05, 0) is 24.3 Å². The van der Waals surface area contributed by atoms with Crippen LogP contribution in [-0.2, 0) is 11.0 Å². The summed E-state index contributed by atoms with van der Waals surface area (Å²) in [6.45, 7) is 0. The number of anilines is 1. The molecule has 0 saturated carbocycles. The van der Waals surface area contributed by atoms with E-state index in [4.69, 9.17) is 21.6 Å². The van der Waals surface area contributed by atoms with Gasteiger partial charge in [-0.1, -0.05) is 27.5 Å². The largest absolute Gasteiger partial charge is 0.447 e. The molecule has 142 valence electrons. The zero-order chi connectivity index (χ0) is 20.4. The molecule has 0 heterocycles. The molecule has 0 spiro atoms. The molecule has 0 aliphatic rings. The predicted octanol–water partition coefficient (Wildman–Crippen LogP) is 6.04. The molecular weight excluding hydrogens is 463 g/mol. The first-order valence-corrected chi connectivity index (χ1v) is 8.10. The second kappa shape index (κ2) is 8.10. The second-order valence-electron chi connectivity index (χ2n) is 5.02. The quantitative estimate of drug-likeness (QED) is 0.555. The van der Waals surface area contributed by atoms with Crippen molar-refractivity contribution in [1.29, 1.82) is 5.26 Å². The van der Waals surface area contributed by atoms with Gasteiger partial charge < -0.3 is 10.1 Å². The Morgan fingerprint density at radius 3 is 2.30 bits per heavy atom. The van der Waals surface area contributed by atoms with E-state index in [1.807, 2.05) is 0 Å². The van der Waals surface area contributed by atoms with Gasteiger partial charge in [-0.15, -0.1) is 0 Å². The highest BCUT2D eigenvalue weighted by atomic mass is 79.9. The average molecular weight is 470 g/mol. The van der Waals surface area contributed by atoms with Gasteiger partial charge in [0.2, 0.25) is 5.91 Å². The van der Waals surface area contributed by atoms with Crippen LogP contribution >= 0.6 is 27.5 Å². The van der Waals surface area contributed by atoms with Crippen LogP contribution < -0.4 is 10.1 Å². The summed E-state index contributed by atoms with van der Waals surface area (Å²) in [5.74, 6) is -5.54. The van der Waals surface area contributed by atoms with E-state index in [2.05, 4.69) is 21.2 Å². The maximum Gasteiger partial charge on any atom is 0.416 e. The molecule has 27 heavy (non-hydrogen) atoms. The standard InChI is InChI=1S/C16H7BrClF5N2O2/c17-8-5-9(18)14(12(6-8)25-13(26)1-2-24)27-15-10(19)3-7(4-11(15)20)16(21,22)23/h3-6H,1H2,(H,25,26). The van der Waals surface area contributed by atoms with Crippen LogP contribution in [0.2, 0.25) is 5.02 Å². The molecule has 0 aliphatic heterocycles. The predicted molar refractivity (Wildman–Crippen MR) is 89.4 cm³/mol. The molecule has 4 nitrogen and oxygen atoms in total. The van der Waals surface area contributed by atoms with Gasteiger partial charge in [-0.2, -0.15) is 18.4 Å². The smallest absolute Gasteiger partial charge is 0.416 e. The number of amides is 1. The van der Waals surface area contributed by atoms with Crippen LogP contribution in [0.25, 0.3) is 0 Å². The Morgan fingerprint density at radius 1 is 1.19 bits per heavy atom. The number of hydrogen-bond donors (Lipinski definition) is 1. The van der Waals surface area contributed by atoms with E-state index < -0.39 is 47.2 Å². The van der Waals surface area contributed by atoms with Gasteiger partial charge in [0, 0.05) is 4.47 Å². The van der Waals surface area contributed by atoms with E-state index in [-0.39, 0.29) is 22.8 Å². The van der Waals surface area contributed by atoms with Crippen molar-refractivity contribution in [1.82, 2.24) is 0 Å². The van der Waals surface area contributed by atoms with Crippen LogP contribution in [0, 0.1) is 23.0 Å². The molecule has 2 rings (SSSR count). The first-order chi connectivity index (χ1) is 12.5. The summed E-state index contributed by atoms with van der Waals surface area (Å²) in [7, 11) is 0. The van der Waals surface area contributed by atoms with Gasteiger partial charge in [0.25, 0.3) is 0 Å². The fourth-order valence-electron chi connectivity index (χ4n) is 1.95. The Bertz CT molecular complexity index is 921. The topological polar surface area (TPSA) is 62.1 Å². The number of halogens is 7. The number of ether oxygens (including phenoxy) is 1. The molecule has 0 unspecified atom stereocenters. The van der Waals surface area contributed by atoms with Crippen LogP contribution in [0.3, 0.4) is 0 Å². The number of rotatable bonds is 4. The minimum atomic E-state index is -4.95. The SMILES string of the molecule is N#CCC(=O)Nc1cc(Br)cc(Cl)c1Oc1c(F)cc(C(F)(F)F)cc1F. The lowest BCUT2D eigenvalue weighted by Crippen LogP contribution is -2.11. The first kappa shape index (κ1) is 20.9. The third-order valence-corrected chi connectivity index (χ3v) is 3.79. The summed E-state index contributed by atoms with van der Waals surface area (Å²) in [5.41, 5.74) is -1.68. The van der Waals surface area contributed by atoms with Crippen molar-refractivity contribution in [2.45, 2.75) is 12.6 Å². The molecule has 0 bridgehead atoms. The van der Waals surface area contributed by atoms with Gasteiger partial charge in [0.1, 0.15) is 6.42 Å². The molecule has 11 heteroatoms. The van der Waals surface area contributed by atoms with Crippen molar-refractivity contribution in [2.75, 3.05) is 5.32 Å². The third kappa shape index (κ3) is 5.08. The van der Waals surface area contributed by atoms with E-state index in [1.165, 1.54) is 12.1 Å². The molecule has 2 aromatic carbocycles. The lowest BCUT2D eigenvalue weighted by Gasteiger charge is -2.16. The molecule has 0 aromatic heterocycles. The molecule has 1 N–H and O–H groups in total. The fourth-order valence-corrected chi connectivity index (χ4v) is 2.79. The minimum Gasteiger partial charge on any atom is -0.447 e. The second-order valence-corrected chi connectivity index (χ2v) is 6.34. The monoisotopic (exact) mass is 468 g/mol. The van der Waals surface area contributed by atoms with Crippen LogP contribution in [0.4, 0.5) is 27.6 Å². The van der Waals surface area contributed by atoms with Crippen molar-refractivity contribution in [3.63, 3.8) is 0 Å². The van der Waals surface area contributed by atoms with E-state index >= 15 is 0 Å². The van der Waals surface area contributed by atoms with Gasteiger partial charge in [-0.3, -0.25) is 4.79 Å². The Balaban J connectivity index is 2.49. The van der Waals surface area contributed by atoms with Gasteiger partial charge >= 0.3 is 6.18 Å². The number of alkyl halides is 3. The van der Waals surface area contributed by atoms with Crippen molar-refractivity contribution in [3.05, 3.63) is 51.0 Å². The Labute approximate surface area is 162 Å². The zero-order valence-corrected chi connectivity index (χ0v) is 15.3. The highest BCUT2D eigenvalue weighted by Gasteiger charge is 2.33. The van der Waals surface area contributed by atoms with Crippen molar-refractivity contribution in [3.8, 4) is 17.6 Å². The summed E-state index contributed by atoms with van der Waals surface area (Å²) in [5, 5.41) is 10.6. The lowest BCUT2D eigenvalue weighted by atomic mass is 10.2. The van der Waals surface area contributed by atoms with Gasteiger partial charge in [0.15, 0.2) is 23.1 Å². The zero-order valence-electron chi connectivity index (χ0n) is 12.9. The molecule has 0 saturated heterocycles. The number of nitrogens with zero attached hydrogens (tertiary/aromatic N) is 1. The van der Waals surface area contributed by atoms with E-state index in [1.54, 1.807) is 6.07 Å². The summed E-state index contributed by atoms with van der Waals surface area (Å²) >= 11 is 9.05. The fraction of sp³-hybridized carbons (Fsp3) is 0.125. The molecular formula is C16H7BrClF5N2O2. The lowest BCUT2D eigenvalue weighted by molar-refractivity contribution is -0.138. The van der Waals surface area contributed by atoms with E-state index in [0.717, 1.165) is 0 Å². The van der Waals surface area contributed by atoms with Crippen molar-refractivity contribution in [2.24, 2.45) is 0 Å². The maximum atomic E-state index is 14.0. The maximum absolute atomic E-state index is 14.0. The van der Waals surface area contributed by atoms with Crippen molar-refractivity contribution >= 4 is 39.1 Å². The van der Waals surface area contributed by atoms with Crippen molar-refractivity contribution < 1.29 is 31.5 Å². The summed E-state index contributed by atoms with van der Waals surface area (Å²) < 4.78 is 71.3. The summed E-state index contributed by atoms with van der Waals surface area (Å²) in [4.78, 5) is 11.6. The van der Waals surface area contributed by atoms with Gasteiger partial charge in [0.05, 0.1) is 22.3 Å². The molecule has 1 amide bonds. The normalized spacial score (nSPS) is 11.0. The minimum absolute atomic E-state index is 0.0686. The number of carbonyl (C=O) groups excluding carboxylic acids is 1. The summed E-state index contributed by atoms with van der Waals surface area (Å²) in [6.07, 6.45) is -5.47. The Hall–Kier alpha value is -2.38. The highest BCUT2D eigenvalue weighted by molar-refractivity contribution is 9.10. The van der Waals surface area contributed by atoms with Crippen LogP contribution in [-0.4, -0.2) is 5.91 Å². The number of nitrogens with one attached hydrogen (secondary N) is 1. The number of hydrogen-bond acceptors (Lipinski definition) is 3. The van der Waals surface area contributed by atoms with E-state index in [0.29, 0.717) is 4.47 Å². The first-order valence-electron chi connectivity index (χ1n) is 6.93. The average Bonchev–Trinajstić information content (AvgIpc) is 2.51. The molecule has 0 radical (unpaired) electrons. The number of carbonyl (C=O) groups is 1. The third-order valence-electron chi connectivity index (χ3n) is 3.05.